The van der Waals surface area contributed by atoms with Crippen LogP contribution in [0.4, 0.5) is 0 Å². The highest BCUT2D eigenvalue weighted by Gasteiger charge is 2.34. The number of rotatable bonds is 4. The lowest BCUT2D eigenvalue weighted by Gasteiger charge is -2.22. The molecule has 7 heteroatoms. The van der Waals surface area contributed by atoms with E-state index in [1.807, 2.05) is 0 Å². The Morgan fingerprint density at radius 1 is 1.33 bits per heavy atom. The van der Waals surface area contributed by atoms with E-state index in [0.717, 1.165) is 12.8 Å². The number of carboxylic acids is 1. The van der Waals surface area contributed by atoms with Crippen molar-refractivity contribution in [2.24, 2.45) is 0 Å². The molecule has 0 spiro atoms. The first-order valence-electron chi connectivity index (χ1n) is 6.90. The first-order valence-corrected chi connectivity index (χ1v) is 6.90. The van der Waals surface area contributed by atoms with Crippen LogP contribution in [0.3, 0.4) is 0 Å². The predicted octanol–water partition coefficient (Wildman–Crippen LogP) is 1.34. The van der Waals surface area contributed by atoms with E-state index in [-0.39, 0.29) is 12.2 Å². The van der Waals surface area contributed by atoms with Crippen molar-refractivity contribution < 1.29 is 15.0 Å². The van der Waals surface area contributed by atoms with Gasteiger partial charge in [0.15, 0.2) is 5.69 Å². The van der Waals surface area contributed by atoms with Gasteiger partial charge in [-0.25, -0.2) is 9.48 Å². The van der Waals surface area contributed by atoms with Crippen LogP contribution < -0.4 is 0 Å². The number of aromatic carboxylic acids is 1. The third kappa shape index (κ3) is 2.64. The van der Waals surface area contributed by atoms with Gasteiger partial charge in [0, 0.05) is 6.20 Å². The van der Waals surface area contributed by atoms with E-state index in [0.29, 0.717) is 24.2 Å². The molecule has 1 saturated carbocycles. The highest BCUT2D eigenvalue weighted by atomic mass is 16.4. The van der Waals surface area contributed by atoms with Crippen molar-refractivity contribution in [3.8, 4) is 11.4 Å². The molecule has 0 aliphatic heterocycles. The Labute approximate surface area is 121 Å². The fourth-order valence-corrected chi connectivity index (χ4v) is 2.79. The summed E-state index contributed by atoms with van der Waals surface area (Å²) in [7, 11) is 0. The lowest BCUT2D eigenvalue weighted by molar-refractivity contribution is 0.0264. The molecule has 3 rings (SSSR count). The number of hydrogen-bond acceptors (Lipinski definition) is 5. The lowest BCUT2D eigenvalue weighted by atomic mass is 10.0. The van der Waals surface area contributed by atoms with Gasteiger partial charge in [-0.3, -0.25) is 4.98 Å². The summed E-state index contributed by atoms with van der Waals surface area (Å²) < 4.78 is 1.46. The zero-order valence-corrected chi connectivity index (χ0v) is 11.4. The number of carbonyl (C=O) groups is 1. The molecule has 0 radical (unpaired) electrons. The molecule has 2 heterocycles. The van der Waals surface area contributed by atoms with Gasteiger partial charge in [0.25, 0.3) is 0 Å². The lowest BCUT2D eigenvalue weighted by Crippen LogP contribution is -2.31. The van der Waals surface area contributed by atoms with Crippen molar-refractivity contribution in [3.05, 3.63) is 30.1 Å². The number of pyridine rings is 1. The first kappa shape index (κ1) is 13.7. The second kappa shape index (κ2) is 5.25. The maximum atomic E-state index is 11.3. The fourth-order valence-electron chi connectivity index (χ4n) is 2.79. The quantitative estimate of drug-likeness (QED) is 0.880. The molecule has 2 aromatic rings. The average molecular weight is 288 g/mol. The summed E-state index contributed by atoms with van der Waals surface area (Å²) in [6.45, 7) is 0.235. The fraction of sp³-hybridized carbons (Fsp3) is 0.429. The Kier molecular flexibility index (Phi) is 3.42. The highest BCUT2D eigenvalue weighted by Crippen LogP contribution is 2.32. The first-order chi connectivity index (χ1) is 10.1. The molecule has 2 N–H and O–H groups in total. The van der Waals surface area contributed by atoms with E-state index in [1.165, 1.54) is 4.68 Å². The Balaban J connectivity index is 2.03. The molecule has 21 heavy (non-hydrogen) atoms. The minimum Gasteiger partial charge on any atom is -0.476 e. The summed E-state index contributed by atoms with van der Waals surface area (Å²) in [5, 5.41) is 27.4. The van der Waals surface area contributed by atoms with E-state index in [9.17, 15) is 15.0 Å². The summed E-state index contributed by atoms with van der Waals surface area (Å²) in [6.07, 6.45) is 4.91. The summed E-state index contributed by atoms with van der Waals surface area (Å²) >= 11 is 0. The molecular weight excluding hydrogens is 272 g/mol. The van der Waals surface area contributed by atoms with Crippen LogP contribution >= 0.6 is 0 Å². The molecule has 110 valence electrons. The molecular formula is C14H16N4O3. The van der Waals surface area contributed by atoms with Gasteiger partial charge in [-0.05, 0) is 25.0 Å². The van der Waals surface area contributed by atoms with Crippen LogP contribution in [0, 0.1) is 0 Å². The maximum Gasteiger partial charge on any atom is 0.358 e. The van der Waals surface area contributed by atoms with Gasteiger partial charge in [-0.1, -0.05) is 24.1 Å². The van der Waals surface area contributed by atoms with E-state index in [4.69, 9.17) is 0 Å². The normalized spacial score (nSPS) is 17.0. The van der Waals surface area contributed by atoms with Crippen LogP contribution in [0.5, 0.6) is 0 Å². The Bertz CT molecular complexity index is 647. The van der Waals surface area contributed by atoms with Crippen molar-refractivity contribution in [2.45, 2.75) is 37.8 Å². The molecule has 1 aliphatic carbocycles. The van der Waals surface area contributed by atoms with Gasteiger partial charge >= 0.3 is 5.97 Å². The van der Waals surface area contributed by atoms with Crippen molar-refractivity contribution in [1.29, 1.82) is 0 Å². The molecule has 1 fully saturated rings. The van der Waals surface area contributed by atoms with Crippen molar-refractivity contribution >= 4 is 5.97 Å². The summed E-state index contributed by atoms with van der Waals surface area (Å²) in [6, 6.07) is 5.23. The van der Waals surface area contributed by atoms with E-state index in [2.05, 4.69) is 15.3 Å². The largest absolute Gasteiger partial charge is 0.476 e. The molecule has 0 bridgehead atoms. The van der Waals surface area contributed by atoms with Gasteiger partial charge in [0.05, 0.1) is 17.8 Å². The van der Waals surface area contributed by atoms with Gasteiger partial charge in [-0.2, -0.15) is 0 Å². The average Bonchev–Trinajstić information content (AvgIpc) is 3.07. The van der Waals surface area contributed by atoms with Crippen LogP contribution in [-0.2, 0) is 6.54 Å². The summed E-state index contributed by atoms with van der Waals surface area (Å²) in [5.41, 5.74) is -0.160. The minimum absolute atomic E-state index is 0.143. The van der Waals surface area contributed by atoms with Crippen molar-refractivity contribution in [2.75, 3.05) is 0 Å². The van der Waals surface area contributed by atoms with E-state index >= 15 is 0 Å². The third-order valence-corrected chi connectivity index (χ3v) is 3.82. The standard InChI is InChI=1S/C14H16N4O3/c19-13(20)11-12(10-5-1-4-8-15-10)18(17-16-11)9-14(21)6-2-3-7-14/h1,4-5,8,21H,2-3,6-7,9H2,(H,19,20). The number of carboxylic acid groups (broad SMARTS) is 1. The minimum atomic E-state index is -1.15. The molecule has 0 saturated heterocycles. The van der Waals surface area contributed by atoms with Crippen molar-refractivity contribution in [3.63, 3.8) is 0 Å². The third-order valence-electron chi connectivity index (χ3n) is 3.82. The van der Waals surface area contributed by atoms with E-state index < -0.39 is 11.6 Å². The monoisotopic (exact) mass is 288 g/mol. The van der Waals surface area contributed by atoms with Crippen molar-refractivity contribution in [1.82, 2.24) is 20.0 Å². The van der Waals surface area contributed by atoms with Gasteiger partial charge in [0.1, 0.15) is 5.69 Å². The highest BCUT2D eigenvalue weighted by molar-refractivity contribution is 5.92. The molecule has 0 amide bonds. The molecule has 0 unspecified atom stereocenters. The van der Waals surface area contributed by atoms with Crippen LogP contribution in [0.15, 0.2) is 24.4 Å². The van der Waals surface area contributed by atoms with Crippen LogP contribution in [-0.4, -0.2) is 41.8 Å². The van der Waals surface area contributed by atoms with Crippen LogP contribution in [0.2, 0.25) is 0 Å². The Morgan fingerprint density at radius 3 is 2.71 bits per heavy atom. The number of nitrogens with zero attached hydrogens (tertiary/aromatic N) is 4. The molecule has 0 atom stereocenters. The SMILES string of the molecule is O=C(O)c1nnn(CC2(O)CCCC2)c1-c1ccccn1. The summed E-state index contributed by atoms with van der Waals surface area (Å²) in [4.78, 5) is 15.5. The molecule has 1 aliphatic rings. The number of aromatic nitrogens is 4. The zero-order valence-electron chi connectivity index (χ0n) is 11.4. The topological polar surface area (TPSA) is 101 Å². The number of aliphatic hydroxyl groups is 1. The van der Waals surface area contributed by atoms with E-state index in [1.54, 1.807) is 24.4 Å². The number of hydrogen-bond donors (Lipinski definition) is 2. The summed E-state index contributed by atoms with van der Waals surface area (Å²) in [5.74, 6) is -1.15. The zero-order chi connectivity index (χ0) is 14.9. The van der Waals surface area contributed by atoms with Crippen LogP contribution in [0.1, 0.15) is 36.2 Å². The van der Waals surface area contributed by atoms with Gasteiger partial charge < -0.3 is 10.2 Å². The molecule has 0 aromatic carbocycles. The van der Waals surface area contributed by atoms with Crippen LogP contribution in [0.25, 0.3) is 11.4 Å². The second-order valence-electron chi connectivity index (χ2n) is 5.40. The molecule has 7 nitrogen and oxygen atoms in total. The molecule has 2 aromatic heterocycles. The van der Waals surface area contributed by atoms with Gasteiger partial charge in [-0.15, -0.1) is 5.10 Å². The maximum absolute atomic E-state index is 11.3. The Hall–Kier alpha value is -2.28. The predicted molar refractivity (Wildman–Crippen MR) is 73.6 cm³/mol. The smallest absolute Gasteiger partial charge is 0.358 e. The second-order valence-corrected chi connectivity index (χ2v) is 5.40. The Morgan fingerprint density at radius 2 is 2.10 bits per heavy atom. The van der Waals surface area contributed by atoms with Gasteiger partial charge in [0.2, 0.25) is 0 Å².